The molecular formula is C11H23KO4S. The third kappa shape index (κ3) is 12.3. The van der Waals surface area contributed by atoms with Crippen LogP contribution in [-0.4, -0.2) is 29.4 Å². The van der Waals surface area contributed by atoms with Crippen molar-refractivity contribution < 1.29 is 69.5 Å². The number of rotatable bonds is 9. The van der Waals surface area contributed by atoms with Gasteiger partial charge in [0.05, 0.1) is 16.2 Å². The number of hydrogen-bond acceptors (Lipinski definition) is 4. The van der Waals surface area contributed by atoms with Crippen molar-refractivity contribution >= 4 is 10.1 Å². The van der Waals surface area contributed by atoms with Crippen molar-refractivity contribution in [1.29, 1.82) is 0 Å². The van der Waals surface area contributed by atoms with Crippen molar-refractivity contribution in [1.82, 2.24) is 0 Å². The molecule has 17 heavy (non-hydrogen) atoms. The Morgan fingerprint density at radius 2 is 1.59 bits per heavy atom. The minimum Gasteiger partial charge on any atom is -0.748 e. The van der Waals surface area contributed by atoms with Gasteiger partial charge in [0.1, 0.15) is 0 Å². The molecule has 0 amide bonds. The maximum atomic E-state index is 11.0. The Morgan fingerprint density at radius 1 is 1.12 bits per heavy atom. The number of unbranched alkanes of at least 4 members (excludes halogenated alkanes) is 2. The quantitative estimate of drug-likeness (QED) is 0.337. The largest absolute Gasteiger partial charge is 1.00 e. The zero-order valence-corrected chi connectivity index (χ0v) is 15.1. The van der Waals surface area contributed by atoms with Crippen LogP contribution in [0.4, 0.5) is 0 Å². The van der Waals surface area contributed by atoms with Crippen molar-refractivity contribution in [3.8, 4) is 0 Å². The summed E-state index contributed by atoms with van der Waals surface area (Å²) in [6.07, 6.45) is 4.37. The third-order valence-electron chi connectivity index (χ3n) is 2.69. The number of hydrogen-bond donors (Lipinski definition) is 1. The summed E-state index contributed by atoms with van der Waals surface area (Å²) in [6, 6.07) is 0. The first kappa shape index (κ1) is 20.8. The predicted octanol–water partition coefficient (Wildman–Crippen LogP) is -0.964. The molecule has 1 N–H and O–H groups in total. The normalized spacial score (nSPS) is 15.1. The molecule has 2 unspecified atom stereocenters. The molecule has 0 saturated carbocycles. The van der Waals surface area contributed by atoms with Gasteiger partial charge in [-0.1, -0.05) is 32.6 Å². The summed E-state index contributed by atoms with van der Waals surface area (Å²) in [7, 11) is -4.15. The zero-order chi connectivity index (χ0) is 12.6. The van der Waals surface area contributed by atoms with Crippen molar-refractivity contribution in [2.24, 2.45) is 0 Å². The molecule has 0 rings (SSSR count). The van der Waals surface area contributed by atoms with Gasteiger partial charge in [0.2, 0.25) is 0 Å². The van der Waals surface area contributed by atoms with Crippen molar-refractivity contribution in [3.63, 3.8) is 0 Å². The van der Waals surface area contributed by atoms with E-state index in [1.165, 1.54) is 0 Å². The Kier molecular flexibility index (Phi) is 13.9. The fourth-order valence-corrected chi connectivity index (χ4v) is 2.59. The molecule has 0 aliphatic rings. The first-order valence-corrected chi connectivity index (χ1v) is 7.47. The Labute approximate surface area is 148 Å². The summed E-state index contributed by atoms with van der Waals surface area (Å²) in [5.41, 5.74) is 0. The van der Waals surface area contributed by atoms with Crippen LogP contribution in [0.15, 0.2) is 0 Å². The van der Waals surface area contributed by atoms with Crippen LogP contribution in [0.1, 0.15) is 58.8 Å². The van der Waals surface area contributed by atoms with Crippen LogP contribution in [0.25, 0.3) is 0 Å². The molecule has 0 aromatic rings. The van der Waals surface area contributed by atoms with Gasteiger partial charge >= 0.3 is 51.4 Å². The van der Waals surface area contributed by atoms with E-state index in [0.29, 0.717) is 25.7 Å². The summed E-state index contributed by atoms with van der Waals surface area (Å²) < 4.78 is 32.9. The van der Waals surface area contributed by atoms with Crippen LogP contribution < -0.4 is 51.4 Å². The maximum Gasteiger partial charge on any atom is 1.00 e. The molecule has 0 radical (unpaired) electrons. The summed E-state index contributed by atoms with van der Waals surface area (Å²) in [4.78, 5) is 0. The molecule has 0 aromatic heterocycles. The Hall–Kier alpha value is 1.51. The zero-order valence-electron chi connectivity index (χ0n) is 11.2. The van der Waals surface area contributed by atoms with Crippen LogP contribution in [0.5, 0.6) is 0 Å². The van der Waals surface area contributed by atoms with E-state index < -0.39 is 15.4 Å². The average molecular weight is 290 g/mol. The number of aliphatic hydroxyl groups excluding tert-OH is 1. The molecule has 0 aromatic carbocycles. The van der Waals surface area contributed by atoms with E-state index in [1.54, 1.807) is 6.92 Å². The maximum absolute atomic E-state index is 11.0. The fraction of sp³-hybridized carbons (Fsp3) is 1.00. The molecule has 0 saturated heterocycles. The molecular weight excluding hydrogens is 267 g/mol. The predicted molar refractivity (Wildman–Crippen MR) is 63.2 cm³/mol. The third-order valence-corrected chi connectivity index (χ3v) is 3.97. The first-order chi connectivity index (χ1) is 7.38. The molecule has 0 heterocycles. The van der Waals surface area contributed by atoms with Crippen molar-refractivity contribution in [2.45, 2.75) is 70.1 Å². The Balaban J connectivity index is 0. The molecule has 4 nitrogen and oxygen atoms in total. The van der Waals surface area contributed by atoms with E-state index in [2.05, 4.69) is 0 Å². The molecule has 2 atom stereocenters. The van der Waals surface area contributed by atoms with Crippen LogP contribution in [0, 0.1) is 0 Å². The SMILES string of the molecule is CCCCC(CCCCC(C)O)S(=O)(=O)[O-].[K+]. The van der Waals surface area contributed by atoms with Crippen LogP contribution in [0.2, 0.25) is 0 Å². The van der Waals surface area contributed by atoms with Crippen LogP contribution in [0.3, 0.4) is 0 Å². The molecule has 0 aliphatic carbocycles. The summed E-state index contributed by atoms with van der Waals surface area (Å²) >= 11 is 0. The van der Waals surface area contributed by atoms with Gasteiger partial charge in [0.15, 0.2) is 0 Å². The molecule has 0 fully saturated rings. The van der Waals surface area contributed by atoms with Gasteiger partial charge in [-0.25, -0.2) is 8.42 Å². The van der Waals surface area contributed by atoms with E-state index in [1.807, 2.05) is 6.92 Å². The first-order valence-electron chi connectivity index (χ1n) is 6.00. The molecule has 98 valence electrons. The summed E-state index contributed by atoms with van der Waals surface area (Å²) in [5, 5.41) is 8.30. The second kappa shape index (κ2) is 11.3. The van der Waals surface area contributed by atoms with E-state index >= 15 is 0 Å². The van der Waals surface area contributed by atoms with Gasteiger partial charge in [0, 0.05) is 5.25 Å². The molecule has 0 spiro atoms. The van der Waals surface area contributed by atoms with E-state index in [-0.39, 0.29) is 57.5 Å². The molecule has 6 heteroatoms. The van der Waals surface area contributed by atoms with Crippen molar-refractivity contribution in [2.75, 3.05) is 0 Å². The average Bonchev–Trinajstić information content (AvgIpc) is 2.14. The smallest absolute Gasteiger partial charge is 0.748 e. The summed E-state index contributed by atoms with van der Waals surface area (Å²) in [6.45, 7) is 3.68. The Bertz CT molecular complexity index is 265. The van der Waals surface area contributed by atoms with Gasteiger partial charge in [0.25, 0.3) is 0 Å². The minimum atomic E-state index is -4.15. The van der Waals surface area contributed by atoms with Gasteiger partial charge in [-0.05, 0) is 26.2 Å². The minimum absolute atomic E-state index is 0. The van der Waals surface area contributed by atoms with E-state index in [9.17, 15) is 13.0 Å². The van der Waals surface area contributed by atoms with Gasteiger partial charge in [-0.2, -0.15) is 0 Å². The number of aliphatic hydroxyl groups is 1. The van der Waals surface area contributed by atoms with Crippen molar-refractivity contribution in [3.05, 3.63) is 0 Å². The molecule has 0 aliphatic heterocycles. The van der Waals surface area contributed by atoms with Gasteiger partial charge in [-0.15, -0.1) is 0 Å². The Morgan fingerprint density at radius 3 is 2.00 bits per heavy atom. The topological polar surface area (TPSA) is 77.4 Å². The van der Waals surface area contributed by atoms with Crippen LogP contribution in [-0.2, 0) is 10.1 Å². The van der Waals surface area contributed by atoms with Gasteiger partial charge < -0.3 is 9.66 Å². The molecule has 0 bridgehead atoms. The monoisotopic (exact) mass is 290 g/mol. The van der Waals surface area contributed by atoms with E-state index in [4.69, 9.17) is 5.11 Å². The second-order valence-corrected chi connectivity index (χ2v) is 6.04. The summed E-state index contributed by atoms with van der Waals surface area (Å²) in [5.74, 6) is 0. The fourth-order valence-electron chi connectivity index (χ4n) is 1.68. The van der Waals surface area contributed by atoms with Crippen LogP contribution >= 0.6 is 0 Å². The second-order valence-electron chi connectivity index (χ2n) is 4.39. The standard InChI is InChI=1S/C11H24O4S.K/c1-3-4-8-11(16(13,14)15)9-6-5-7-10(2)12;/h10-12H,3-9H2,1-2H3,(H,13,14,15);/q;+1/p-1. The van der Waals surface area contributed by atoms with E-state index in [0.717, 1.165) is 19.3 Å². The van der Waals surface area contributed by atoms with Gasteiger partial charge in [-0.3, -0.25) is 0 Å².